The molecule has 0 radical (unpaired) electrons. The van der Waals surface area contributed by atoms with Crippen molar-refractivity contribution in [1.29, 1.82) is 0 Å². The summed E-state index contributed by atoms with van der Waals surface area (Å²) < 4.78 is 0. The van der Waals surface area contributed by atoms with Gasteiger partial charge in [-0.1, -0.05) is 11.6 Å². The van der Waals surface area contributed by atoms with Crippen molar-refractivity contribution in [2.75, 3.05) is 23.8 Å². The number of hydrogen-bond acceptors (Lipinski definition) is 2. The number of hydrogen-bond donors (Lipinski definition) is 1. The van der Waals surface area contributed by atoms with Gasteiger partial charge in [-0.05, 0) is 18.2 Å². The molecule has 0 spiro atoms. The van der Waals surface area contributed by atoms with Crippen LogP contribution in [0.5, 0.6) is 0 Å². The van der Waals surface area contributed by atoms with Crippen LogP contribution in [0.3, 0.4) is 0 Å². The van der Waals surface area contributed by atoms with Crippen molar-refractivity contribution in [3.63, 3.8) is 0 Å². The zero-order valence-corrected chi connectivity index (χ0v) is 7.93. The molecule has 0 aromatic heterocycles. The van der Waals surface area contributed by atoms with Crippen LogP contribution in [-0.4, -0.2) is 19.5 Å². The van der Waals surface area contributed by atoms with E-state index in [9.17, 15) is 4.79 Å². The Bertz CT molecular complexity index is 365. The van der Waals surface area contributed by atoms with Crippen LogP contribution in [0.2, 0.25) is 5.02 Å². The minimum atomic E-state index is -0.00253. The number of carbonyl (C=O) groups is 1. The van der Waals surface area contributed by atoms with Crippen LogP contribution in [0.1, 0.15) is 0 Å². The minimum absolute atomic E-state index is 0.00253. The summed E-state index contributed by atoms with van der Waals surface area (Å²) in [6.07, 6.45) is 0. The average Bonchev–Trinajstić information content (AvgIpc) is 2.02. The van der Waals surface area contributed by atoms with Gasteiger partial charge in [0, 0.05) is 12.1 Å². The highest BCUT2D eigenvalue weighted by molar-refractivity contribution is 6.31. The van der Waals surface area contributed by atoms with E-state index in [1.807, 2.05) is 24.1 Å². The van der Waals surface area contributed by atoms with E-state index in [1.54, 1.807) is 6.07 Å². The maximum absolute atomic E-state index is 11.2. The number of likely N-dealkylation sites (N-methyl/N-ethyl adjacent to an activating group) is 1. The van der Waals surface area contributed by atoms with E-state index in [0.717, 1.165) is 11.4 Å². The third-order valence-electron chi connectivity index (χ3n) is 2.02. The van der Waals surface area contributed by atoms with E-state index in [2.05, 4.69) is 5.32 Å². The Morgan fingerprint density at radius 3 is 3.08 bits per heavy atom. The fourth-order valence-electron chi connectivity index (χ4n) is 1.43. The van der Waals surface area contributed by atoms with Crippen molar-refractivity contribution in [2.45, 2.75) is 0 Å². The van der Waals surface area contributed by atoms with E-state index in [-0.39, 0.29) is 5.91 Å². The second kappa shape index (κ2) is 2.92. The summed E-state index contributed by atoms with van der Waals surface area (Å²) >= 11 is 5.80. The molecule has 13 heavy (non-hydrogen) atoms. The monoisotopic (exact) mass is 196 g/mol. The summed E-state index contributed by atoms with van der Waals surface area (Å²) in [5, 5.41) is 3.40. The molecule has 0 aliphatic carbocycles. The van der Waals surface area contributed by atoms with E-state index >= 15 is 0 Å². The lowest BCUT2D eigenvalue weighted by atomic mass is 10.2. The predicted molar refractivity (Wildman–Crippen MR) is 53.4 cm³/mol. The van der Waals surface area contributed by atoms with Gasteiger partial charge in [-0.2, -0.15) is 0 Å². The lowest BCUT2D eigenvalue weighted by Gasteiger charge is -2.27. The predicted octanol–water partition coefficient (Wildman–Crippen LogP) is 1.73. The third-order valence-corrected chi connectivity index (χ3v) is 2.26. The number of rotatable bonds is 0. The molecule has 1 N–H and O–H groups in total. The quantitative estimate of drug-likeness (QED) is 0.686. The number of halogens is 1. The molecule has 0 unspecified atom stereocenters. The molecule has 0 saturated carbocycles. The topological polar surface area (TPSA) is 32.3 Å². The summed E-state index contributed by atoms with van der Waals surface area (Å²) in [4.78, 5) is 13.0. The molecule has 0 saturated heterocycles. The summed E-state index contributed by atoms with van der Waals surface area (Å²) in [6.45, 7) is 0.397. The zero-order valence-electron chi connectivity index (χ0n) is 7.17. The van der Waals surface area contributed by atoms with Crippen LogP contribution < -0.4 is 10.2 Å². The number of nitrogens with zero attached hydrogens (tertiary/aromatic N) is 1. The Morgan fingerprint density at radius 1 is 1.54 bits per heavy atom. The van der Waals surface area contributed by atoms with Gasteiger partial charge in [-0.15, -0.1) is 0 Å². The van der Waals surface area contributed by atoms with Crippen molar-refractivity contribution < 1.29 is 4.79 Å². The number of nitrogens with one attached hydrogen (secondary N) is 1. The molecule has 0 fully saturated rings. The largest absolute Gasteiger partial charge is 0.364 e. The lowest BCUT2D eigenvalue weighted by molar-refractivity contribution is -0.115. The maximum Gasteiger partial charge on any atom is 0.243 e. The van der Waals surface area contributed by atoms with Crippen LogP contribution >= 0.6 is 11.6 Å². The van der Waals surface area contributed by atoms with E-state index in [4.69, 9.17) is 11.6 Å². The first kappa shape index (κ1) is 8.38. The van der Waals surface area contributed by atoms with Crippen LogP contribution in [0, 0.1) is 0 Å². The van der Waals surface area contributed by atoms with Crippen molar-refractivity contribution in [2.24, 2.45) is 0 Å². The molecular weight excluding hydrogens is 188 g/mol. The van der Waals surface area contributed by atoms with Gasteiger partial charge in [-0.25, -0.2) is 0 Å². The Hall–Kier alpha value is -1.22. The number of anilines is 2. The molecule has 1 amide bonds. The Labute approximate surface area is 81.3 Å². The normalized spacial score (nSPS) is 15.2. The molecular formula is C9H9ClN2O. The maximum atomic E-state index is 11.2. The Balaban J connectivity index is 2.49. The van der Waals surface area contributed by atoms with Crippen LogP contribution in [0.25, 0.3) is 0 Å². The van der Waals surface area contributed by atoms with E-state index < -0.39 is 0 Å². The van der Waals surface area contributed by atoms with Gasteiger partial charge in [-0.3, -0.25) is 4.79 Å². The van der Waals surface area contributed by atoms with Gasteiger partial charge in [0.25, 0.3) is 0 Å². The highest BCUT2D eigenvalue weighted by Gasteiger charge is 2.18. The summed E-state index contributed by atoms with van der Waals surface area (Å²) in [5.74, 6) is -0.00253. The van der Waals surface area contributed by atoms with Crippen molar-refractivity contribution in [3.8, 4) is 0 Å². The Morgan fingerprint density at radius 2 is 2.31 bits per heavy atom. The molecule has 3 nitrogen and oxygen atoms in total. The molecule has 1 aromatic rings. The molecule has 2 rings (SSSR count). The standard InChI is InChI=1S/C9H9ClN2O/c1-12-5-9(13)11-7-4-6(10)2-3-8(7)12/h2-4H,5H2,1H3,(H,11,13). The highest BCUT2D eigenvalue weighted by Crippen LogP contribution is 2.30. The van der Waals surface area contributed by atoms with Gasteiger partial charge in [0.05, 0.1) is 17.9 Å². The van der Waals surface area contributed by atoms with E-state index in [0.29, 0.717) is 11.6 Å². The lowest BCUT2D eigenvalue weighted by Crippen LogP contribution is -2.35. The summed E-state index contributed by atoms with van der Waals surface area (Å²) in [7, 11) is 1.88. The fourth-order valence-corrected chi connectivity index (χ4v) is 1.60. The van der Waals surface area contributed by atoms with Crippen molar-refractivity contribution >= 4 is 28.9 Å². The molecule has 68 valence electrons. The van der Waals surface area contributed by atoms with Crippen LogP contribution in [-0.2, 0) is 4.79 Å². The van der Waals surface area contributed by atoms with Gasteiger partial charge in [0.2, 0.25) is 5.91 Å². The smallest absolute Gasteiger partial charge is 0.243 e. The first-order valence-corrected chi connectivity index (χ1v) is 4.35. The van der Waals surface area contributed by atoms with Crippen LogP contribution in [0.15, 0.2) is 18.2 Å². The minimum Gasteiger partial charge on any atom is -0.364 e. The molecule has 0 bridgehead atoms. The van der Waals surface area contributed by atoms with Crippen LogP contribution in [0.4, 0.5) is 11.4 Å². The molecule has 0 atom stereocenters. The molecule has 1 aromatic carbocycles. The Kier molecular flexibility index (Phi) is 1.88. The number of amides is 1. The van der Waals surface area contributed by atoms with Gasteiger partial charge < -0.3 is 10.2 Å². The highest BCUT2D eigenvalue weighted by atomic mass is 35.5. The van der Waals surface area contributed by atoms with E-state index in [1.165, 1.54) is 0 Å². The molecule has 1 heterocycles. The summed E-state index contributed by atoms with van der Waals surface area (Å²) in [5.41, 5.74) is 1.79. The molecule has 1 aliphatic heterocycles. The number of carbonyl (C=O) groups excluding carboxylic acids is 1. The van der Waals surface area contributed by atoms with Gasteiger partial charge >= 0.3 is 0 Å². The fraction of sp³-hybridized carbons (Fsp3) is 0.222. The van der Waals surface area contributed by atoms with Crippen molar-refractivity contribution in [3.05, 3.63) is 23.2 Å². The SMILES string of the molecule is CN1CC(=O)Nc2cc(Cl)ccc21. The third kappa shape index (κ3) is 1.47. The van der Waals surface area contributed by atoms with Gasteiger partial charge in [0.15, 0.2) is 0 Å². The first-order valence-electron chi connectivity index (χ1n) is 3.97. The second-order valence-electron chi connectivity index (χ2n) is 3.07. The zero-order chi connectivity index (χ0) is 9.42. The van der Waals surface area contributed by atoms with Gasteiger partial charge in [0.1, 0.15) is 0 Å². The number of fused-ring (bicyclic) bond motifs is 1. The summed E-state index contributed by atoms with van der Waals surface area (Å²) in [6, 6.07) is 5.47. The molecule has 1 aliphatic rings. The second-order valence-corrected chi connectivity index (χ2v) is 3.50. The van der Waals surface area contributed by atoms with Crippen molar-refractivity contribution in [1.82, 2.24) is 0 Å². The first-order chi connectivity index (χ1) is 6.16. The number of benzene rings is 1. The molecule has 4 heteroatoms. The average molecular weight is 197 g/mol.